The highest BCUT2D eigenvalue weighted by Crippen LogP contribution is 2.75. The van der Waals surface area contributed by atoms with E-state index in [4.69, 9.17) is 0 Å². The van der Waals surface area contributed by atoms with Gasteiger partial charge in [-0.3, -0.25) is 4.79 Å². The average molecular weight is 425 g/mol. The van der Waals surface area contributed by atoms with E-state index < -0.39 is 0 Å². The molecule has 0 heterocycles. The van der Waals surface area contributed by atoms with Crippen molar-refractivity contribution in [2.75, 3.05) is 0 Å². The third-order valence-electron chi connectivity index (χ3n) is 12.7. The van der Waals surface area contributed by atoms with Crippen molar-refractivity contribution in [2.45, 2.75) is 126 Å². The molecule has 4 saturated carbocycles. The Morgan fingerprint density at radius 3 is 2.06 bits per heavy atom. The Morgan fingerprint density at radius 2 is 1.35 bits per heavy atom. The van der Waals surface area contributed by atoms with Gasteiger partial charge in [0.2, 0.25) is 0 Å². The van der Waals surface area contributed by atoms with E-state index in [0.29, 0.717) is 38.8 Å². The van der Waals surface area contributed by atoms with E-state index in [1.165, 1.54) is 57.8 Å². The zero-order valence-electron chi connectivity index (χ0n) is 21.8. The molecule has 5 aliphatic rings. The number of allylic oxidation sites excluding steroid dienone is 2. The minimum absolute atomic E-state index is 0.132. The van der Waals surface area contributed by atoms with E-state index >= 15 is 0 Å². The van der Waals surface area contributed by atoms with Gasteiger partial charge in [0, 0.05) is 11.8 Å². The van der Waals surface area contributed by atoms with Gasteiger partial charge in [0.1, 0.15) is 5.78 Å². The molecule has 4 fully saturated rings. The number of fused-ring (bicyclic) bond motifs is 6. The minimum atomic E-state index is -0.132. The van der Waals surface area contributed by atoms with Crippen LogP contribution in [0.4, 0.5) is 0 Å². The number of hydrogen-bond donors (Lipinski definition) is 0. The summed E-state index contributed by atoms with van der Waals surface area (Å²) in [6, 6.07) is 0. The lowest BCUT2D eigenvalue weighted by Crippen LogP contribution is -2.63. The van der Waals surface area contributed by atoms with Crippen LogP contribution in [0.5, 0.6) is 0 Å². The number of rotatable bonds is 0. The summed E-state index contributed by atoms with van der Waals surface area (Å²) < 4.78 is 0. The van der Waals surface area contributed by atoms with Crippen LogP contribution in [0.3, 0.4) is 0 Å². The van der Waals surface area contributed by atoms with E-state index in [-0.39, 0.29) is 5.41 Å². The lowest BCUT2D eigenvalue weighted by Gasteiger charge is -2.70. The average Bonchev–Trinajstić information content (AvgIpc) is 2.67. The molecule has 0 amide bonds. The second-order valence-corrected chi connectivity index (χ2v) is 14.9. The molecule has 6 atom stereocenters. The highest BCUT2D eigenvalue weighted by atomic mass is 16.1. The third kappa shape index (κ3) is 2.70. The smallest absolute Gasteiger partial charge is 0.138 e. The van der Waals surface area contributed by atoms with Crippen LogP contribution in [0, 0.1) is 44.3 Å². The van der Waals surface area contributed by atoms with Crippen molar-refractivity contribution in [2.24, 2.45) is 44.3 Å². The first kappa shape index (κ1) is 22.2. The summed E-state index contributed by atoms with van der Waals surface area (Å²) in [5, 5.41) is 0. The number of hydrogen-bond acceptors (Lipinski definition) is 1. The van der Waals surface area contributed by atoms with E-state index in [2.05, 4.69) is 55.4 Å². The molecule has 1 nitrogen and oxygen atoms in total. The van der Waals surface area contributed by atoms with Crippen molar-refractivity contribution in [1.29, 1.82) is 0 Å². The monoisotopic (exact) mass is 424 g/mol. The molecule has 1 heteroatoms. The molecule has 31 heavy (non-hydrogen) atoms. The fraction of sp³-hybridized carbons (Fsp3) is 0.900. The summed E-state index contributed by atoms with van der Waals surface area (Å²) in [6.07, 6.45) is 14.1. The second kappa shape index (κ2) is 6.29. The first-order chi connectivity index (χ1) is 14.2. The topological polar surface area (TPSA) is 17.1 Å². The Morgan fingerprint density at radius 1 is 0.677 bits per heavy atom. The highest BCUT2D eigenvalue weighted by Gasteiger charge is 2.67. The van der Waals surface area contributed by atoms with Crippen molar-refractivity contribution in [3.63, 3.8) is 0 Å². The highest BCUT2D eigenvalue weighted by molar-refractivity contribution is 5.85. The van der Waals surface area contributed by atoms with Gasteiger partial charge in [0.05, 0.1) is 0 Å². The summed E-state index contributed by atoms with van der Waals surface area (Å²) in [7, 11) is 0. The summed E-state index contributed by atoms with van der Waals surface area (Å²) in [6.45, 7) is 20.1. The number of ketones is 1. The van der Waals surface area contributed by atoms with E-state index in [0.717, 1.165) is 18.8 Å². The van der Waals surface area contributed by atoms with E-state index in [1.54, 1.807) is 0 Å². The van der Waals surface area contributed by atoms with Crippen LogP contribution in [-0.2, 0) is 4.79 Å². The normalized spacial score (nSPS) is 50.8. The van der Waals surface area contributed by atoms with Gasteiger partial charge in [-0.2, -0.15) is 0 Å². The maximum Gasteiger partial charge on any atom is 0.138 e. The second-order valence-electron chi connectivity index (χ2n) is 14.9. The van der Waals surface area contributed by atoms with Gasteiger partial charge in [-0.1, -0.05) is 66.5 Å². The first-order valence-electron chi connectivity index (χ1n) is 13.5. The maximum atomic E-state index is 12.9. The largest absolute Gasteiger partial charge is 0.299 e. The van der Waals surface area contributed by atoms with Gasteiger partial charge in [-0.15, -0.1) is 0 Å². The van der Waals surface area contributed by atoms with Crippen LogP contribution in [0.2, 0.25) is 0 Å². The Labute approximate surface area is 192 Å². The van der Waals surface area contributed by atoms with Gasteiger partial charge in [-0.25, -0.2) is 0 Å². The summed E-state index contributed by atoms with van der Waals surface area (Å²) in [5.41, 5.74) is 5.67. The number of carbonyl (C=O) groups is 1. The molecular weight excluding hydrogens is 376 g/mol. The van der Waals surface area contributed by atoms with Crippen molar-refractivity contribution in [3.8, 4) is 0 Å². The Balaban J connectivity index is 1.60. The molecule has 0 aromatic rings. The van der Waals surface area contributed by atoms with Gasteiger partial charge in [-0.05, 0) is 103 Å². The van der Waals surface area contributed by atoms with Crippen LogP contribution in [0.15, 0.2) is 11.1 Å². The molecule has 0 aromatic heterocycles. The van der Waals surface area contributed by atoms with Crippen LogP contribution in [0.1, 0.15) is 126 Å². The summed E-state index contributed by atoms with van der Waals surface area (Å²) in [4.78, 5) is 12.9. The standard InChI is InChI=1S/C30H48O/c1-25(2)15-16-27(5)17-18-29(7)20(21(27)19-25)9-10-23-28(6)13-12-24(31)26(3,4)22(28)11-14-30(23,29)8/h22-23H,9-19H2,1-8H3/t22?,23-,27-,28+,29-,30-/m0/s1. The lowest BCUT2D eigenvalue weighted by atomic mass is 9.34. The Kier molecular flexibility index (Phi) is 4.51. The van der Waals surface area contributed by atoms with Gasteiger partial charge < -0.3 is 0 Å². The molecule has 0 saturated heterocycles. The van der Waals surface area contributed by atoms with Gasteiger partial charge in [0.25, 0.3) is 0 Å². The van der Waals surface area contributed by atoms with Crippen molar-refractivity contribution < 1.29 is 4.79 Å². The zero-order chi connectivity index (χ0) is 22.7. The molecule has 0 aliphatic heterocycles. The number of carbonyl (C=O) groups excluding carboxylic acids is 1. The summed E-state index contributed by atoms with van der Waals surface area (Å²) in [5.74, 6) is 1.86. The van der Waals surface area contributed by atoms with Crippen molar-refractivity contribution in [3.05, 3.63) is 11.1 Å². The lowest BCUT2D eigenvalue weighted by molar-refractivity contribution is -0.184. The fourth-order valence-electron chi connectivity index (χ4n) is 10.3. The Bertz CT molecular complexity index is 844. The molecule has 0 aromatic carbocycles. The molecule has 0 bridgehead atoms. The van der Waals surface area contributed by atoms with Crippen LogP contribution >= 0.6 is 0 Å². The van der Waals surface area contributed by atoms with Crippen LogP contribution < -0.4 is 0 Å². The summed E-state index contributed by atoms with van der Waals surface area (Å²) >= 11 is 0. The quantitative estimate of drug-likeness (QED) is 0.356. The van der Waals surface area contributed by atoms with E-state index in [9.17, 15) is 4.79 Å². The van der Waals surface area contributed by atoms with Crippen LogP contribution in [-0.4, -0.2) is 5.78 Å². The molecule has 1 unspecified atom stereocenters. The third-order valence-corrected chi connectivity index (χ3v) is 12.7. The molecule has 0 spiro atoms. The zero-order valence-corrected chi connectivity index (χ0v) is 21.8. The predicted octanol–water partition coefficient (Wildman–Crippen LogP) is 8.52. The fourth-order valence-corrected chi connectivity index (χ4v) is 10.3. The van der Waals surface area contributed by atoms with Crippen molar-refractivity contribution in [1.82, 2.24) is 0 Å². The van der Waals surface area contributed by atoms with Crippen molar-refractivity contribution >= 4 is 5.78 Å². The molecular formula is C30H48O. The predicted molar refractivity (Wildman–Crippen MR) is 130 cm³/mol. The molecule has 5 aliphatic carbocycles. The minimum Gasteiger partial charge on any atom is -0.299 e. The molecule has 0 N–H and O–H groups in total. The molecule has 5 rings (SSSR count). The SMILES string of the molecule is CC1(C)CC[C@@]2(C)CC[C@@]3(C)C(=C2C1)CC[C@@H]1[C@]3(C)CCC2C(C)(C)C(=O)CC[C@]21C. The van der Waals surface area contributed by atoms with Gasteiger partial charge >= 0.3 is 0 Å². The van der Waals surface area contributed by atoms with Crippen LogP contribution in [0.25, 0.3) is 0 Å². The Hall–Kier alpha value is -0.590. The first-order valence-corrected chi connectivity index (χ1v) is 13.5. The molecule has 174 valence electrons. The van der Waals surface area contributed by atoms with E-state index in [1.807, 2.05) is 11.1 Å². The molecule has 0 radical (unpaired) electrons. The number of Topliss-reactive ketones (excluding diaryl/α,β-unsaturated/α-hetero) is 1. The maximum absolute atomic E-state index is 12.9. The van der Waals surface area contributed by atoms with Gasteiger partial charge in [0.15, 0.2) is 0 Å².